The molecule has 1 aliphatic heterocycles. The van der Waals surface area contributed by atoms with Gasteiger partial charge in [0.15, 0.2) is 4.80 Å². The van der Waals surface area contributed by atoms with Crippen molar-refractivity contribution in [1.29, 1.82) is 0 Å². The second kappa shape index (κ2) is 8.39. The molecule has 0 bridgehead atoms. The van der Waals surface area contributed by atoms with Crippen LogP contribution in [-0.4, -0.2) is 31.2 Å². The molecular formula is C23H23N3O4S. The fraction of sp³-hybridized carbons (Fsp3) is 0.261. The van der Waals surface area contributed by atoms with Crippen LogP contribution in [0.4, 0.5) is 5.69 Å². The average molecular weight is 438 g/mol. The summed E-state index contributed by atoms with van der Waals surface area (Å²) in [5, 5.41) is 0. The minimum absolute atomic E-state index is 0.211. The number of carbonyl (C=O) groups is 1. The van der Waals surface area contributed by atoms with Crippen LogP contribution in [-0.2, 0) is 9.53 Å². The Morgan fingerprint density at radius 3 is 2.65 bits per heavy atom. The molecule has 0 spiro atoms. The molecule has 1 aliphatic rings. The third-order valence-electron chi connectivity index (χ3n) is 5.06. The van der Waals surface area contributed by atoms with Gasteiger partial charge in [-0.25, -0.2) is 9.79 Å². The molecule has 3 aromatic rings. The number of aromatic nitrogens is 1. The van der Waals surface area contributed by atoms with Crippen LogP contribution in [0.15, 0.2) is 62.4 Å². The van der Waals surface area contributed by atoms with Gasteiger partial charge < -0.3 is 14.1 Å². The summed E-state index contributed by atoms with van der Waals surface area (Å²) in [7, 11) is 3.96. The van der Waals surface area contributed by atoms with Crippen molar-refractivity contribution in [3.63, 3.8) is 0 Å². The number of thiazole rings is 1. The lowest BCUT2D eigenvalue weighted by Gasteiger charge is -2.20. The molecule has 7 nitrogen and oxygen atoms in total. The quantitative estimate of drug-likeness (QED) is 0.574. The minimum atomic E-state index is -0.653. The van der Waals surface area contributed by atoms with Crippen molar-refractivity contribution in [3.8, 4) is 0 Å². The van der Waals surface area contributed by atoms with Crippen molar-refractivity contribution in [3.05, 3.63) is 79.2 Å². The molecule has 0 N–H and O–H groups in total. The summed E-state index contributed by atoms with van der Waals surface area (Å²) < 4.78 is 12.8. The molecule has 0 amide bonds. The topological polar surface area (TPSA) is 77.0 Å². The molecule has 8 heteroatoms. The number of rotatable bonds is 5. The second-order valence-electron chi connectivity index (χ2n) is 7.29. The summed E-state index contributed by atoms with van der Waals surface area (Å²) in [5.74, 6) is 0.0259. The molecule has 4 rings (SSSR count). The number of nitrogens with zero attached hydrogens (tertiary/aromatic N) is 3. The van der Waals surface area contributed by atoms with Crippen molar-refractivity contribution >= 4 is 34.8 Å². The summed E-state index contributed by atoms with van der Waals surface area (Å²) in [5.41, 5.74) is 2.60. The van der Waals surface area contributed by atoms with Crippen LogP contribution in [0.3, 0.4) is 0 Å². The first-order valence-corrected chi connectivity index (χ1v) is 10.7. The van der Waals surface area contributed by atoms with Gasteiger partial charge in [-0.3, -0.25) is 9.36 Å². The van der Waals surface area contributed by atoms with E-state index in [1.54, 1.807) is 26.0 Å². The predicted molar refractivity (Wildman–Crippen MR) is 121 cm³/mol. The molecular weight excluding hydrogens is 414 g/mol. The first kappa shape index (κ1) is 20.9. The first-order chi connectivity index (χ1) is 14.9. The summed E-state index contributed by atoms with van der Waals surface area (Å²) >= 11 is 1.29. The van der Waals surface area contributed by atoms with Crippen LogP contribution >= 0.6 is 11.3 Å². The zero-order chi connectivity index (χ0) is 22.1. The van der Waals surface area contributed by atoms with Gasteiger partial charge in [-0.2, -0.15) is 0 Å². The van der Waals surface area contributed by atoms with E-state index in [0.29, 0.717) is 26.4 Å². The van der Waals surface area contributed by atoms with E-state index in [4.69, 9.17) is 9.15 Å². The highest BCUT2D eigenvalue weighted by atomic mass is 32.1. The summed E-state index contributed by atoms with van der Waals surface area (Å²) in [6, 6.07) is 10.8. The number of benzene rings is 1. The number of allylic oxidation sites excluding steroid dienone is 1. The van der Waals surface area contributed by atoms with Gasteiger partial charge in [0.05, 0.1) is 23.0 Å². The Morgan fingerprint density at radius 1 is 1.29 bits per heavy atom. The number of ether oxygens (including phenoxy) is 1. The Labute approximate surface area is 183 Å². The van der Waals surface area contributed by atoms with E-state index in [9.17, 15) is 9.59 Å². The monoisotopic (exact) mass is 437 g/mol. The average Bonchev–Trinajstić information content (AvgIpc) is 3.37. The first-order valence-electron chi connectivity index (χ1n) is 9.91. The zero-order valence-corrected chi connectivity index (χ0v) is 18.6. The predicted octanol–water partition coefficient (Wildman–Crippen LogP) is 2.57. The van der Waals surface area contributed by atoms with Gasteiger partial charge >= 0.3 is 5.97 Å². The molecule has 0 unspecified atom stereocenters. The molecule has 160 valence electrons. The van der Waals surface area contributed by atoms with Crippen LogP contribution in [0.5, 0.6) is 0 Å². The summed E-state index contributed by atoms with van der Waals surface area (Å²) in [6.45, 7) is 3.71. The van der Waals surface area contributed by atoms with Crippen molar-refractivity contribution in [2.75, 3.05) is 25.6 Å². The van der Waals surface area contributed by atoms with Gasteiger partial charge in [0.25, 0.3) is 5.56 Å². The summed E-state index contributed by atoms with van der Waals surface area (Å²) in [6.07, 6.45) is 3.38. The van der Waals surface area contributed by atoms with E-state index >= 15 is 0 Å². The number of hydrogen-bond donors (Lipinski definition) is 0. The van der Waals surface area contributed by atoms with Gasteiger partial charge in [0, 0.05) is 25.5 Å². The van der Waals surface area contributed by atoms with E-state index in [1.807, 2.05) is 49.3 Å². The van der Waals surface area contributed by atoms with Crippen molar-refractivity contribution in [2.24, 2.45) is 4.99 Å². The van der Waals surface area contributed by atoms with Crippen LogP contribution in [0.25, 0.3) is 11.8 Å². The van der Waals surface area contributed by atoms with Gasteiger partial charge in [0.1, 0.15) is 11.8 Å². The van der Waals surface area contributed by atoms with Crippen LogP contribution in [0.2, 0.25) is 0 Å². The Morgan fingerprint density at radius 2 is 2.03 bits per heavy atom. The molecule has 0 aliphatic carbocycles. The van der Waals surface area contributed by atoms with Crippen molar-refractivity contribution in [1.82, 2.24) is 4.57 Å². The van der Waals surface area contributed by atoms with Crippen molar-refractivity contribution in [2.45, 2.75) is 19.9 Å². The highest BCUT2D eigenvalue weighted by molar-refractivity contribution is 7.07. The highest BCUT2D eigenvalue weighted by Gasteiger charge is 2.32. The number of hydrogen-bond acceptors (Lipinski definition) is 7. The molecule has 0 saturated carbocycles. The SMILES string of the molecule is CCOC(=O)C1=C(C)n2c(s/c(=C\c3ccc(N(C)C)cc3)c2=O)=N[C@@H]1c1ccco1. The van der Waals surface area contributed by atoms with Gasteiger partial charge in [-0.15, -0.1) is 0 Å². The fourth-order valence-corrected chi connectivity index (χ4v) is 4.53. The number of furan rings is 1. The van der Waals surface area contributed by atoms with Gasteiger partial charge in [-0.1, -0.05) is 23.5 Å². The number of esters is 1. The number of carbonyl (C=O) groups excluding carboxylic acids is 1. The van der Waals surface area contributed by atoms with E-state index in [-0.39, 0.29) is 12.2 Å². The van der Waals surface area contributed by atoms with E-state index < -0.39 is 12.0 Å². The molecule has 0 saturated heterocycles. The molecule has 2 aromatic heterocycles. The molecule has 1 aromatic carbocycles. The molecule has 3 heterocycles. The van der Waals surface area contributed by atoms with Gasteiger partial charge in [-0.05, 0) is 49.8 Å². The van der Waals surface area contributed by atoms with Crippen LogP contribution in [0, 0.1) is 0 Å². The maximum Gasteiger partial charge on any atom is 0.338 e. The van der Waals surface area contributed by atoms with E-state index in [1.165, 1.54) is 22.2 Å². The Hall–Kier alpha value is -3.39. The third kappa shape index (κ3) is 3.86. The van der Waals surface area contributed by atoms with Crippen LogP contribution in [0.1, 0.15) is 31.2 Å². The number of fused-ring (bicyclic) bond motifs is 1. The smallest absolute Gasteiger partial charge is 0.338 e. The normalized spacial score (nSPS) is 16.1. The van der Waals surface area contributed by atoms with E-state index in [0.717, 1.165) is 11.3 Å². The zero-order valence-electron chi connectivity index (χ0n) is 17.8. The standard InChI is InChI=1S/C23H23N3O4S/c1-5-29-22(28)19-14(2)26-21(27)18(13-15-8-10-16(11-9-15)25(3)4)31-23(26)24-20(19)17-7-6-12-30-17/h6-13,20H,5H2,1-4H3/b18-13-/t20-/m1/s1. The minimum Gasteiger partial charge on any atom is -0.467 e. The molecule has 0 radical (unpaired) electrons. The molecule has 31 heavy (non-hydrogen) atoms. The van der Waals surface area contributed by atoms with Crippen LogP contribution < -0.4 is 19.8 Å². The lowest BCUT2D eigenvalue weighted by atomic mass is 10.0. The summed E-state index contributed by atoms with van der Waals surface area (Å²) in [4.78, 5) is 33.1. The Balaban J connectivity index is 1.88. The lowest BCUT2D eigenvalue weighted by Crippen LogP contribution is -2.35. The van der Waals surface area contributed by atoms with E-state index in [2.05, 4.69) is 4.99 Å². The lowest BCUT2D eigenvalue weighted by molar-refractivity contribution is -0.138. The van der Waals surface area contributed by atoms with Gasteiger partial charge in [0.2, 0.25) is 0 Å². The number of anilines is 1. The van der Waals surface area contributed by atoms with Crippen molar-refractivity contribution < 1.29 is 13.9 Å². The Kier molecular flexibility index (Phi) is 5.65. The Bertz CT molecular complexity index is 1310. The second-order valence-corrected chi connectivity index (χ2v) is 8.30. The largest absolute Gasteiger partial charge is 0.467 e. The third-order valence-corrected chi connectivity index (χ3v) is 6.04. The fourth-order valence-electron chi connectivity index (χ4n) is 3.49. The maximum absolute atomic E-state index is 13.2. The molecule has 1 atom stereocenters. The highest BCUT2D eigenvalue weighted by Crippen LogP contribution is 2.32. The maximum atomic E-state index is 13.2. The molecule has 0 fully saturated rings.